The van der Waals surface area contributed by atoms with Crippen LogP contribution in [0.2, 0.25) is 0 Å². The highest BCUT2D eigenvalue weighted by Gasteiger charge is 2.16. The molecule has 0 saturated carbocycles. The van der Waals surface area contributed by atoms with E-state index >= 15 is 0 Å². The van der Waals surface area contributed by atoms with E-state index in [1.54, 1.807) is 25.2 Å². The van der Waals surface area contributed by atoms with E-state index in [0.29, 0.717) is 23.6 Å². The summed E-state index contributed by atoms with van der Waals surface area (Å²) in [6, 6.07) is 7.04. The monoisotopic (exact) mass is 311 g/mol. The van der Waals surface area contributed by atoms with Crippen LogP contribution < -0.4 is 16.0 Å². The highest BCUT2D eigenvalue weighted by molar-refractivity contribution is 6.03. The lowest BCUT2D eigenvalue weighted by atomic mass is 10.0. The Morgan fingerprint density at radius 2 is 2.10 bits per heavy atom. The van der Waals surface area contributed by atoms with Gasteiger partial charge in [-0.3, -0.25) is 9.59 Å². The first-order valence-electron chi connectivity index (χ1n) is 7.02. The Morgan fingerprint density at radius 3 is 2.76 bits per heavy atom. The fraction of sp³-hybridized carbons (Fsp3) is 0.467. The van der Waals surface area contributed by atoms with E-state index in [1.807, 2.05) is 6.07 Å². The summed E-state index contributed by atoms with van der Waals surface area (Å²) in [5.41, 5.74) is 1.06. The van der Waals surface area contributed by atoms with Crippen molar-refractivity contribution in [3.8, 4) is 0 Å². The Bertz CT molecular complexity index is 488. The minimum atomic E-state index is -0.194. The van der Waals surface area contributed by atoms with E-state index in [1.165, 1.54) is 0 Å². The molecule has 3 N–H and O–H groups in total. The summed E-state index contributed by atoms with van der Waals surface area (Å²) in [5.74, 6) is 0.365. The largest absolute Gasteiger partial charge is 0.355 e. The van der Waals surface area contributed by atoms with Gasteiger partial charge >= 0.3 is 0 Å². The predicted octanol–water partition coefficient (Wildman–Crippen LogP) is 1.80. The molecule has 1 saturated heterocycles. The molecule has 1 aromatic carbocycles. The summed E-state index contributed by atoms with van der Waals surface area (Å²) in [4.78, 5) is 23.7. The molecule has 1 aliphatic rings. The number of halogens is 1. The van der Waals surface area contributed by atoms with Crippen molar-refractivity contribution < 1.29 is 9.59 Å². The number of nitrogens with one attached hydrogen (secondary N) is 3. The van der Waals surface area contributed by atoms with Crippen LogP contribution in [0.4, 0.5) is 5.69 Å². The molecule has 116 valence electrons. The van der Waals surface area contributed by atoms with Gasteiger partial charge in [0.25, 0.3) is 5.91 Å². The molecule has 0 aromatic heterocycles. The van der Waals surface area contributed by atoms with Crippen LogP contribution in [0.25, 0.3) is 0 Å². The summed E-state index contributed by atoms with van der Waals surface area (Å²) in [5, 5.41) is 8.70. The van der Waals surface area contributed by atoms with Crippen LogP contribution in [0, 0.1) is 5.92 Å². The first-order chi connectivity index (χ1) is 9.70. The zero-order valence-corrected chi connectivity index (χ0v) is 13.0. The van der Waals surface area contributed by atoms with Crippen LogP contribution in [0.5, 0.6) is 0 Å². The molecule has 0 radical (unpaired) electrons. The highest BCUT2D eigenvalue weighted by atomic mass is 35.5. The molecule has 1 aliphatic heterocycles. The zero-order valence-electron chi connectivity index (χ0n) is 12.1. The Hall–Kier alpha value is -1.59. The molecule has 1 aromatic rings. The van der Waals surface area contributed by atoms with Gasteiger partial charge in [0, 0.05) is 13.5 Å². The van der Waals surface area contributed by atoms with Gasteiger partial charge in [0.05, 0.1) is 11.3 Å². The average molecular weight is 312 g/mol. The Labute approximate surface area is 131 Å². The number of rotatable bonds is 5. The van der Waals surface area contributed by atoms with Gasteiger partial charge in [0.1, 0.15) is 0 Å². The first kappa shape index (κ1) is 17.5. The quantitative estimate of drug-likeness (QED) is 0.776. The third-order valence-corrected chi connectivity index (χ3v) is 3.61. The lowest BCUT2D eigenvalue weighted by Crippen LogP contribution is -2.21. The van der Waals surface area contributed by atoms with Crippen LogP contribution in [0.3, 0.4) is 0 Å². The molecule has 1 fully saturated rings. The summed E-state index contributed by atoms with van der Waals surface area (Å²) in [6.45, 7) is 2.05. The van der Waals surface area contributed by atoms with Gasteiger partial charge in [-0.15, -0.1) is 12.4 Å². The molecule has 1 unspecified atom stereocenters. The molecular weight excluding hydrogens is 290 g/mol. The van der Waals surface area contributed by atoms with E-state index in [2.05, 4.69) is 16.0 Å². The van der Waals surface area contributed by atoms with Crippen molar-refractivity contribution in [2.45, 2.75) is 19.3 Å². The summed E-state index contributed by atoms with van der Waals surface area (Å²) < 4.78 is 0. The Balaban J connectivity index is 0.00000220. The number of amides is 2. The molecular formula is C15H22ClN3O2. The second kappa shape index (κ2) is 8.64. The summed E-state index contributed by atoms with van der Waals surface area (Å²) in [7, 11) is 1.58. The smallest absolute Gasteiger partial charge is 0.253 e. The minimum Gasteiger partial charge on any atom is -0.355 e. The molecule has 0 aliphatic carbocycles. The molecule has 6 heteroatoms. The molecule has 0 spiro atoms. The Morgan fingerprint density at radius 1 is 1.33 bits per heavy atom. The third-order valence-electron chi connectivity index (χ3n) is 3.61. The second-order valence-corrected chi connectivity index (χ2v) is 5.07. The maximum Gasteiger partial charge on any atom is 0.253 e. The average Bonchev–Trinajstić information content (AvgIpc) is 2.98. The zero-order chi connectivity index (χ0) is 14.4. The number of hydrogen-bond acceptors (Lipinski definition) is 3. The number of benzene rings is 1. The van der Waals surface area contributed by atoms with E-state index in [9.17, 15) is 9.59 Å². The van der Waals surface area contributed by atoms with Crippen molar-refractivity contribution in [1.82, 2.24) is 10.6 Å². The number of hydrogen-bond donors (Lipinski definition) is 3. The van der Waals surface area contributed by atoms with Crippen molar-refractivity contribution >= 4 is 29.9 Å². The summed E-state index contributed by atoms with van der Waals surface area (Å²) in [6.07, 6.45) is 2.53. The fourth-order valence-electron chi connectivity index (χ4n) is 2.43. The standard InChI is InChI=1S/C15H21N3O2.ClH/c1-16-15(20)12-4-2-3-5-13(12)18-14(19)7-6-11-8-9-17-10-11;/h2-5,11,17H,6-10H2,1H3,(H,16,20)(H,18,19);1H. The van der Waals surface area contributed by atoms with Gasteiger partial charge in [-0.05, 0) is 44.0 Å². The lowest BCUT2D eigenvalue weighted by molar-refractivity contribution is -0.116. The van der Waals surface area contributed by atoms with Crippen molar-refractivity contribution in [3.63, 3.8) is 0 Å². The van der Waals surface area contributed by atoms with E-state index in [-0.39, 0.29) is 24.2 Å². The van der Waals surface area contributed by atoms with Crippen molar-refractivity contribution in [3.05, 3.63) is 29.8 Å². The van der Waals surface area contributed by atoms with Gasteiger partial charge in [0.15, 0.2) is 0 Å². The fourth-order valence-corrected chi connectivity index (χ4v) is 2.43. The molecule has 2 amide bonds. The van der Waals surface area contributed by atoms with Crippen molar-refractivity contribution in [1.29, 1.82) is 0 Å². The van der Waals surface area contributed by atoms with Crippen LogP contribution >= 0.6 is 12.4 Å². The van der Waals surface area contributed by atoms with Crippen molar-refractivity contribution in [2.24, 2.45) is 5.92 Å². The van der Waals surface area contributed by atoms with Gasteiger partial charge in [-0.1, -0.05) is 12.1 Å². The normalized spacial score (nSPS) is 16.9. The van der Waals surface area contributed by atoms with E-state index in [4.69, 9.17) is 0 Å². The molecule has 1 heterocycles. The SMILES string of the molecule is CNC(=O)c1ccccc1NC(=O)CCC1CCNC1.Cl. The van der Waals surface area contributed by atoms with Crippen LogP contribution in [0.15, 0.2) is 24.3 Å². The molecule has 2 rings (SSSR count). The van der Waals surface area contributed by atoms with E-state index < -0.39 is 0 Å². The molecule has 21 heavy (non-hydrogen) atoms. The number of carbonyl (C=O) groups excluding carboxylic acids is 2. The van der Waals surface area contributed by atoms with Crippen LogP contribution in [0.1, 0.15) is 29.6 Å². The lowest BCUT2D eigenvalue weighted by Gasteiger charge is -2.11. The van der Waals surface area contributed by atoms with Gasteiger partial charge in [-0.2, -0.15) is 0 Å². The van der Waals surface area contributed by atoms with Crippen LogP contribution in [-0.4, -0.2) is 32.0 Å². The van der Waals surface area contributed by atoms with Gasteiger partial charge < -0.3 is 16.0 Å². The maximum absolute atomic E-state index is 12.0. The molecule has 0 bridgehead atoms. The topological polar surface area (TPSA) is 70.2 Å². The number of carbonyl (C=O) groups is 2. The molecule has 5 nitrogen and oxygen atoms in total. The number of anilines is 1. The van der Waals surface area contributed by atoms with Gasteiger partial charge in [-0.25, -0.2) is 0 Å². The maximum atomic E-state index is 12.0. The van der Waals surface area contributed by atoms with Gasteiger partial charge in [0.2, 0.25) is 5.91 Å². The molecule has 1 atom stereocenters. The summed E-state index contributed by atoms with van der Waals surface area (Å²) >= 11 is 0. The number of para-hydroxylation sites is 1. The third kappa shape index (κ3) is 5.02. The Kier molecular flexibility index (Phi) is 7.19. The van der Waals surface area contributed by atoms with E-state index in [0.717, 1.165) is 25.9 Å². The minimum absolute atomic E-state index is 0. The second-order valence-electron chi connectivity index (χ2n) is 5.07. The predicted molar refractivity (Wildman–Crippen MR) is 85.9 cm³/mol. The van der Waals surface area contributed by atoms with Crippen molar-refractivity contribution in [2.75, 3.05) is 25.5 Å². The van der Waals surface area contributed by atoms with Crippen LogP contribution in [-0.2, 0) is 4.79 Å². The first-order valence-corrected chi connectivity index (χ1v) is 7.02. The highest BCUT2D eigenvalue weighted by Crippen LogP contribution is 2.17.